The summed E-state index contributed by atoms with van der Waals surface area (Å²) in [6.45, 7) is 5.35. The Labute approximate surface area is 136 Å². The number of hydrogen-bond donors (Lipinski definition) is 1. The summed E-state index contributed by atoms with van der Waals surface area (Å²) in [5.74, 6) is 1.24. The number of nitrogens with one attached hydrogen (secondary N) is 1. The monoisotopic (exact) mass is 320 g/mol. The number of pyridine rings is 1. The summed E-state index contributed by atoms with van der Waals surface area (Å²) in [7, 11) is 1.62. The SMILES string of the molecule is COc1cc(CNCc2cccnc2)cc(Cl)c1OC(C)C. The van der Waals surface area contributed by atoms with Gasteiger partial charge in [-0.2, -0.15) is 0 Å². The molecule has 118 valence electrons. The standard InChI is InChI=1S/C17H21ClN2O2/c1-12(2)22-17-15(18)7-14(8-16(17)21-3)11-20-10-13-5-4-6-19-9-13/h4-9,12,20H,10-11H2,1-3H3. The molecule has 1 aromatic heterocycles. The Morgan fingerprint density at radius 1 is 1.23 bits per heavy atom. The number of halogens is 1. The number of nitrogens with zero attached hydrogens (tertiary/aromatic N) is 1. The van der Waals surface area contributed by atoms with Crippen LogP contribution in [0.15, 0.2) is 36.7 Å². The first-order chi connectivity index (χ1) is 10.6. The number of methoxy groups -OCH3 is 1. The molecule has 1 heterocycles. The van der Waals surface area contributed by atoms with Gasteiger partial charge in [0.05, 0.1) is 18.2 Å². The highest BCUT2D eigenvalue weighted by Gasteiger charge is 2.13. The van der Waals surface area contributed by atoms with Crippen molar-refractivity contribution in [2.75, 3.05) is 7.11 Å². The van der Waals surface area contributed by atoms with Crippen LogP contribution >= 0.6 is 11.6 Å². The highest BCUT2D eigenvalue weighted by atomic mass is 35.5. The maximum atomic E-state index is 6.31. The molecule has 0 aliphatic heterocycles. The number of ether oxygens (including phenoxy) is 2. The lowest BCUT2D eigenvalue weighted by Crippen LogP contribution is -2.13. The van der Waals surface area contributed by atoms with E-state index in [1.54, 1.807) is 13.3 Å². The van der Waals surface area contributed by atoms with E-state index in [2.05, 4.69) is 10.3 Å². The van der Waals surface area contributed by atoms with Crippen LogP contribution < -0.4 is 14.8 Å². The highest BCUT2D eigenvalue weighted by Crippen LogP contribution is 2.37. The Hall–Kier alpha value is -1.78. The summed E-state index contributed by atoms with van der Waals surface area (Å²) in [6.07, 6.45) is 3.66. The molecular weight excluding hydrogens is 300 g/mol. The van der Waals surface area contributed by atoms with Gasteiger partial charge in [0.25, 0.3) is 0 Å². The van der Waals surface area contributed by atoms with Gasteiger partial charge in [-0.25, -0.2) is 0 Å². The molecule has 0 amide bonds. The molecule has 0 aliphatic carbocycles. The first kappa shape index (κ1) is 16.6. The molecule has 0 spiro atoms. The lowest BCUT2D eigenvalue weighted by molar-refractivity contribution is 0.230. The second kappa shape index (κ2) is 8.01. The van der Waals surface area contributed by atoms with Gasteiger partial charge >= 0.3 is 0 Å². The Bertz CT molecular complexity index is 603. The van der Waals surface area contributed by atoms with Gasteiger partial charge in [0.1, 0.15) is 0 Å². The van der Waals surface area contributed by atoms with E-state index in [9.17, 15) is 0 Å². The van der Waals surface area contributed by atoms with Gasteiger partial charge < -0.3 is 14.8 Å². The first-order valence-corrected chi connectivity index (χ1v) is 7.60. The number of aromatic nitrogens is 1. The van der Waals surface area contributed by atoms with Crippen LogP contribution in [0.25, 0.3) is 0 Å². The average Bonchev–Trinajstić information content (AvgIpc) is 2.50. The molecular formula is C17H21ClN2O2. The molecule has 0 saturated carbocycles. The van der Waals surface area contributed by atoms with E-state index in [0.29, 0.717) is 23.1 Å². The molecule has 0 atom stereocenters. The lowest BCUT2D eigenvalue weighted by atomic mass is 10.2. The summed E-state index contributed by atoms with van der Waals surface area (Å²) >= 11 is 6.31. The van der Waals surface area contributed by atoms with E-state index < -0.39 is 0 Å². The van der Waals surface area contributed by atoms with Gasteiger partial charge in [-0.15, -0.1) is 0 Å². The Kier molecular flexibility index (Phi) is 6.04. The second-order valence-electron chi connectivity index (χ2n) is 5.24. The lowest BCUT2D eigenvalue weighted by Gasteiger charge is -2.16. The fraction of sp³-hybridized carbons (Fsp3) is 0.353. The first-order valence-electron chi connectivity index (χ1n) is 7.23. The molecule has 5 heteroatoms. The third kappa shape index (κ3) is 4.61. The third-order valence-corrected chi connectivity index (χ3v) is 3.30. The van der Waals surface area contributed by atoms with E-state index in [1.807, 2.05) is 44.3 Å². The van der Waals surface area contributed by atoms with E-state index in [0.717, 1.165) is 17.7 Å². The molecule has 22 heavy (non-hydrogen) atoms. The number of hydrogen-bond acceptors (Lipinski definition) is 4. The van der Waals surface area contributed by atoms with Crippen LogP contribution in [0.5, 0.6) is 11.5 Å². The normalized spacial score (nSPS) is 10.8. The van der Waals surface area contributed by atoms with Crippen LogP contribution in [-0.4, -0.2) is 18.2 Å². The average molecular weight is 321 g/mol. The zero-order chi connectivity index (χ0) is 15.9. The molecule has 2 aromatic rings. The van der Waals surface area contributed by atoms with E-state index in [1.165, 1.54) is 0 Å². The Balaban J connectivity index is 2.04. The van der Waals surface area contributed by atoms with Gasteiger partial charge in [-0.1, -0.05) is 17.7 Å². The van der Waals surface area contributed by atoms with Crippen molar-refractivity contribution in [3.8, 4) is 11.5 Å². The molecule has 0 aliphatic rings. The zero-order valence-electron chi connectivity index (χ0n) is 13.1. The van der Waals surface area contributed by atoms with Crippen molar-refractivity contribution in [2.24, 2.45) is 0 Å². The van der Waals surface area contributed by atoms with E-state index in [4.69, 9.17) is 21.1 Å². The third-order valence-electron chi connectivity index (χ3n) is 3.02. The van der Waals surface area contributed by atoms with Crippen molar-refractivity contribution in [1.82, 2.24) is 10.3 Å². The van der Waals surface area contributed by atoms with Crippen molar-refractivity contribution < 1.29 is 9.47 Å². The van der Waals surface area contributed by atoms with Crippen molar-refractivity contribution in [3.05, 3.63) is 52.8 Å². The van der Waals surface area contributed by atoms with E-state index in [-0.39, 0.29) is 6.10 Å². The maximum Gasteiger partial charge on any atom is 0.180 e. The fourth-order valence-corrected chi connectivity index (χ4v) is 2.36. The molecule has 0 bridgehead atoms. The zero-order valence-corrected chi connectivity index (χ0v) is 13.9. The molecule has 0 radical (unpaired) electrons. The van der Waals surface area contributed by atoms with Crippen molar-refractivity contribution >= 4 is 11.6 Å². The number of rotatable bonds is 7. The van der Waals surface area contributed by atoms with Crippen molar-refractivity contribution in [2.45, 2.75) is 33.0 Å². The van der Waals surface area contributed by atoms with Gasteiger partial charge in [0, 0.05) is 25.5 Å². The topological polar surface area (TPSA) is 43.4 Å². The molecule has 1 N–H and O–H groups in total. The molecule has 4 nitrogen and oxygen atoms in total. The quantitative estimate of drug-likeness (QED) is 0.842. The van der Waals surface area contributed by atoms with Gasteiger partial charge in [0.2, 0.25) is 0 Å². The van der Waals surface area contributed by atoms with Crippen LogP contribution in [0.4, 0.5) is 0 Å². The van der Waals surface area contributed by atoms with Gasteiger partial charge in [-0.05, 0) is 43.2 Å². The van der Waals surface area contributed by atoms with Gasteiger partial charge in [0.15, 0.2) is 11.5 Å². The fourth-order valence-electron chi connectivity index (χ4n) is 2.08. The Morgan fingerprint density at radius 2 is 2.00 bits per heavy atom. The summed E-state index contributed by atoms with van der Waals surface area (Å²) in [6, 6.07) is 7.81. The molecule has 0 unspecified atom stereocenters. The van der Waals surface area contributed by atoms with Crippen LogP contribution in [0, 0.1) is 0 Å². The molecule has 0 fully saturated rings. The maximum absolute atomic E-state index is 6.31. The predicted molar refractivity (Wildman–Crippen MR) is 88.5 cm³/mol. The van der Waals surface area contributed by atoms with Crippen molar-refractivity contribution in [1.29, 1.82) is 0 Å². The van der Waals surface area contributed by atoms with Crippen LogP contribution in [0.1, 0.15) is 25.0 Å². The second-order valence-corrected chi connectivity index (χ2v) is 5.65. The molecule has 1 aromatic carbocycles. The minimum Gasteiger partial charge on any atom is -0.493 e. The smallest absolute Gasteiger partial charge is 0.180 e. The van der Waals surface area contributed by atoms with Gasteiger partial charge in [-0.3, -0.25) is 4.98 Å². The predicted octanol–water partition coefficient (Wildman–Crippen LogP) is 3.82. The largest absolute Gasteiger partial charge is 0.493 e. The Morgan fingerprint density at radius 3 is 2.64 bits per heavy atom. The minimum absolute atomic E-state index is 0.0426. The summed E-state index contributed by atoms with van der Waals surface area (Å²) < 4.78 is 11.1. The van der Waals surface area contributed by atoms with Crippen LogP contribution in [0.2, 0.25) is 5.02 Å². The minimum atomic E-state index is 0.0426. The summed E-state index contributed by atoms with van der Waals surface area (Å²) in [4.78, 5) is 4.09. The van der Waals surface area contributed by atoms with Crippen molar-refractivity contribution in [3.63, 3.8) is 0 Å². The highest BCUT2D eigenvalue weighted by molar-refractivity contribution is 6.32. The summed E-state index contributed by atoms with van der Waals surface area (Å²) in [5, 5.41) is 3.92. The molecule has 2 rings (SSSR count). The van der Waals surface area contributed by atoms with Crippen LogP contribution in [0.3, 0.4) is 0 Å². The number of benzene rings is 1. The summed E-state index contributed by atoms with van der Waals surface area (Å²) in [5.41, 5.74) is 2.18. The molecule has 0 saturated heterocycles. The van der Waals surface area contributed by atoms with E-state index >= 15 is 0 Å². The van der Waals surface area contributed by atoms with Crippen LogP contribution in [-0.2, 0) is 13.1 Å².